The minimum atomic E-state index is 1.07. The van der Waals surface area contributed by atoms with Crippen LogP contribution in [-0.2, 0) is 37.1 Å². The van der Waals surface area contributed by atoms with Crippen molar-refractivity contribution in [2.75, 3.05) is 0 Å². The van der Waals surface area contributed by atoms with Gasteiger partial charge in [0.15, 0.2) is 0 Å². The minimum absolute atomic E-state index is 1.07. The predicted octanol–water partition coefficient (Wildman–Crippen LogP) is 4.65. The fraction of sp³-hybridized carbons (Fsp3) is 0.190. The zero-order chi connectivity index (χ0) is 15.8. The number of fused-ring (bicyclic) bond motifs is 2. The van der Waals surface area contributed by atoms with Gasteiger partial charge in [0.25, 0.3) is 0 Å². The summed E-state index contributed by atoms with van der Waals surface area (Å²) in [7, 11) is 0. The Labute approximate surface area is 148 Å². The first-order chi connectivity index (χ1) is 10.7. The smallest absolute Gasteiger partial charge is 0.0667 e. The summed E-state index contributed by atoms with van der Waals surface area (Å²) >= 11 is 1.55. The summed E-state index contributed by atoms with van der Waals surface area (Å²) in [5.74, 6) is 0. The van der Waals surface area contributed by atoms with Gasteiger partial charge in [-0.2, -0.15) is 47.6 Å². The van der Waals surface area contributed by atoms with Crippen LogP contribution >= 0.6 is 0 Å². The zero-order valence-electron chi connectivity index (χ0n) is 13.2. The molecule has 4 rings (SSSR count). The van der Waals surface area contributed by atoms with Crippen molar-refractivity contribution in [1.82, 2.24) is 0 Å². The third kappa shape index (κ3) is 5.46. The molecule has 2 aliphatic carbocycles. The quantitative estimate of drug-likeness (QED) is 0.598. The van der Waals surface area contributed by atoms with E-state index < -0.39 is 0 Å². The Balaban J connectivity index is 0.000000131. The Bertz CT molecular complexity index is 633. The van der Waals surface area contributed by atoms with E-state index in [0.717, 1.165) is 12.8 Å². The average Bonchev–Trinajstić information content (AvgIpc) is 3.16. The molecule has 0 saturated heterocycles. The van der Waals surface area contributed by atoms with Gasteiger partial charge in [-0.25, -0.2) is 0 Å². The molecule has 0 N–H and O–H groups in total. The molecule has 0 nitrogen and oxygen atoms in total. The molecule has 0 bridgehead atoms. The van der Waals surface area contributed by atoms with E-state index in [-0.39, 0.29) is 0 Å². The van der Waals surface area contributed by atoms with E-state index in [4.69, 9.17) is 0 Å². The first-order valence-electron chi connectivity index (χ1n) is 7.51. The van der Waals surface area contributed by atoms with E-state index >= 15 is 0 Å². The number of benzene rings is 2. The molecule has 0 heterocycles. The second kappa shape index (κ2) is 8.96. The summed E-state index contributed by atoms with van der Waals surface area (Å²) in [5.41, 5.74) is 5.32. The maximum atomic E-state index is 3.18. The van der Waals surface area contributed by atoms with E-state index in [2.05, 4.69) is 74.5 Å². The van der Waals surface area contributed by atoms with E-state index in [1.165, 1.54) is 25.5 Å². The Morgan fingerprint density at radius 3 is 1.50 bits per heavy atom. The van der Waals surface area contributed by atoms with E-state index in [1.54, 1.807) is 24.2 Å². The van der Waals surface area contributed by atoms with Crippen LogP contribution in [-0.4, -0.2) is 3.21 Å². The number of hydrogen-bond donors (Lipinski definition) is 0. The van der Waals surface area contributed by atoms with Gasteiger partial charge in [0.2, 0.25) is 0 Å². The van der Waals surface area contributed by atoms with Crippen LogP contribution < -0.4 is 0 Å². The summed E-state index contributed by atoms with van der Waals surface area (Å²) in [5, 5.41) is 0. The number of hydrogen-bond acceptors (Lipinski definition) is 0. The maximum absolute atomic E-state index is 3.18. The molecular weight excluding hydrogens is 343 g/mol. The van der Waals surface area contributed by atoms with Gasteiger partial charge in [0.1, 0.15) is 0 Å². The van der Waals surface area contributed by atoms with Crippen LogP contribution in [0.1, 0.15) is 36.1 Å². The van der Waals surface area contributed by atoms with Crippen molar-refractivity contribution >= 4 is 3.21 Å². The van der Waals surface area contributed by atoms with Crippen molar-refractivity contribution in [2.24, 2.45) is 0 Å². The summed E-state index contributed by atoms with van der Waals surface area (Å²) in [6, 6.07) is 16.7. The summed E-state index contributed by atoms with van der Waals surface area (Å²) in [6.07, 6.45) is 12.6. The van der Waals surface area contributed by atoms with Crippen LogP contribution in [0.4, 0.5) is 0 Å². The molecule has 0 saturated carbocycles. The van der Waals surface area contributed by atoms with Crippen molar-refractivity contribution in [3.8, 4) is 0 Å². The number of rotatable bonds is 0. The van der Waals surface area contributed by atoms with Crippen molar-refractivity contribution in [1.29, 1.82) is 0 Å². The molecule has 0 spiro atoms. The van der Waals surface area contributed by atoms with E-state index in [0.29, 0.717) is 0 Å². The molecule has 0 aliphatic heterocycles. The molecule has 2 aromatic rings. The molecule has 0 radical (unpaired) electrons. The fourth-order valence-electron chi connectivity index (χ4n) is 2.22. The Morgan fingerprint density at radius 2 is 1.14 bits per heavy atom. The molecule has 0 aromatic heterocycles. The van der Waals surface area contributed by atoms with E-state index in [1.807, 2.05) is 12.1 Å². The van der Waals surface area contributed by atoms with Crippen LogP contribution in [0, 0.1) is 12.2 Å². The molecular formula is C21H20Zr. The van der Waals surface area contributed by atoms with Gasteiger partial charge in [-0.05, 0) is 0 Å². The van der Waals surface area contributed by atoms with Crippen molar-refractivity contribution in [2.45, 2.75) is 26.7 Å². The van der Waals surface area contributed by atoms with Crippen LogP contribution in [0.25, 0.3) is 0 Å². The summed E-state index contributed by atoms with van der Waals surface area (Å²) < 4.78 is 1.51. The normalized spacial score (nSPS) is 12.5. The maximum Gasteiger partial charge on any atom is -0.0667 e. The molecule has 22 heavy (non-hydrogen) atoms. The monoisotopic (exact) mass is 362 g/mol. The third-order valence-corrected chi connectivity index (χ3v) is 3.19. The molecule has 0 fully saturated rings. The molecule has 2 aromatic carbocycles. The molecule has 2 aliphatic rings. The van der Waals surface area contributed by atoms with Crippen molar-refractivity contribution in [3.05, 3.63) is 95.1 Å². The summed E-state index contributed by atoms with van der Waals surface area (Å²) in [6.45, 7) is 4.25. The van der Waals surface area contributed by atoms with Gasteiger partial charge in [-0.1, -0.05) is 25.0 Å². The fourth-order valence-corrected chi connectivity index (χ4v) is 2.22. The summed E-state index contributed by atoms with van der Waals surface area (Å²) in [4.78, 5) is 0. The molecule has 108 valence electrons. The van der Waals surface area contributed by atoms with Crippen LogP contribution in [0.3, 0.4) is 0 Å². The van der Waals surface area contributed by atoms with Gasteiger partial charge in [0.05, 0.1) is 0 Å². The van der Waals surface area contributed by atoms with Crippen molar-refractivity contribution < 1.29 is 24.2 Å². The Hall–Kier alpha value is -1.33. The van der Waals surface area contributed by atoms with Gasteiger partial charge < -0.3 is 0 Å². The largest absolute Gasteiger partial charge is 0.190 e. The Kier molecular flexibility index (Phi) is 6.94. The second-order valence-electron chi connectivity index (χ2n) is 5.42. The molecule has 1 heteroatoms. The van der Waals surface area contributed by atoms with Crippen molar-refractivity contribution in [3.63, 3.8) is 0 Å². The van der Waals surface area contributed by atoms with Gasteiger partial charge in [-0.3, -0.25) is 0 Å². The zero-order valence-corrected chi connectivity index (χ0v) is 15.6. The van der Waals surface area contributed by atoms with E-state index in [9.17, 15) is 0 Å². The first-order valence-corrected chi connectivity index (χ1v) is 8.73. The first kappa shape index (κ1) is 17.0. The van der Waals surface area contributed by atoms with Crippen LogP contribution in [0.5, 0.6) is 0 Å². The van der Waals surface area contributed by atoms with Gasteiger partial charge >= 0.3 is 41.3 Å². The van der Waals surface area contributed by atoms with Gasteiger partial charge in [0, 0.05) is 0 Å². The predicted molar refractivity (Wildman–Crippen MR) is 90.5 cm³/mol. The SMILES string of the molecule is C[C](C)=[Zr+2].[C-]1=CCc2ccccc21.[C-]1=CCc2ccccc21. The standard InChI is InChI=1S/2C9H7.C3H6.Zr/c2*1-2-5-9-7-3-6-8(9)4-1;1-3-2;/h2*1-5H,6H2;1-2H3;/q2*-1;;+2. The molecule has 0 amide bonds. The molecule has 0 unspecified atom stereocenters. The molecule has 0 atom stereocenters. The minimum Gasteiger partial charge on any atom is -0.190 e. The number of allylic oxidation sites excluding steroid dienone is 2. The average molecular weight is 364 g/mol. The topological polar surface area (TPSA) is 0 Å². The van der Waals surface area contributed by atoms with Crippen LogP contribution in [0.2, 0.25) is 0 Å². The Morgan fingerprint density at radius 1 is 0.773 bits per heavy atom. The third-order valence-electron chi connectivity index (χ3n) is 3.19. The second-order valence-corrected chi connectivity index (χ2v) is 7.88. The van der Waals surface area contributed by atoms with Crippen LogP contribution in [0.15, 0.2) is 60.7 Å². The van der Waals surface area contributed by atoms with Gasteiger partial charge in [-0.15, -0.1) is 35.4 Å².